The van der Waals surface area contributed by atoms with Crippen molar-refractivity contribution in [2.24, 2.45) is 5.73 Å². The minimum absolute atomic E-state index is 0.649. The zero-order valence-corrected chi connectivity index (χ0v) is 8.66. The van der Waals surface area contributed by atoms with E-state index in [4.69, 9.17) is 17.3 Å². The van der Waals surface area contributed by atoms with Crippen LogP contribution in [-0.4, -0.2) is 6.54 Å². The van der Waals surface area contributed by atoms with E-state index in [-0.39, 0.29) is 0 Å². The van der Waals surface area contributed by atoms with Crippen molar-refractivity contribution < 1.29 is 0 Å². The number of thiophene rings is 1. The average molecular weight is 212 g/mol. The van der Waals surface area contributed by atoms with Crippen molar-refractivity contribution in [3.8, 4) is 0 Å². The van der Waals surface area contributed by atoms with Crippen LogP contribution in [-0.2, 0) is 6.42 Å². The van der Waals surface area contributed by atoms with Gasteiger partial charge in [-0.1, -0.05) is 11.6 Å². The molecule has 0 aliphatic heterocycles. The maximum absolute atomic E-state index is 6.09. The SMILES string of the molecule is NCCc1cc2sccc2cc1Cl. The molecule has 0 saturated carbocycles. The molecule has 0 amide bonds. The number of hydrogen-bond donors (Lipinski definition) is 1. The molecule has 0 aliphatic rings. The first-order valence-electron chi connectivity index (χ1n) is 4.17. The number of nitrogens with two attached hydrogens (primary N) is 1. The van der Waals surface area contributed by atoms with Crippen LogP contribution >= 0.6 is 22.9 Å². The Labute approximate surface area is 86.1 Å². The van der Waals surface area contributed by atoms with Gasteiger partial charge in [0.25, 0.3) is 0 Å². The van der Waals surface area contributed by atoms with Crippen LogP contribution in [0.2, 0.25) is 5.02 Å². The van der Waals surface area contributed by atoms with E-state index in [1.54, 1.807) is 11.3 Å². The summed E-state index contributed by atoms with van der Waals surface area (Å²) in [6.07, 6.45) is 0.854. The number of rotatable bonds is 2. The maximum atomic E-state index is 6.09. The molecule has 1 heterocycles. The fraction of sp³-hybridized carbons (Fsp3) is 0.200. The van der Waals surface area contributed by atoms with Crippen LogP contribution in [0.5, 0.6) is 0 Å². The molecule has 0 radical (unpaired) electrons. The van der Waals surface area contributed by atoms with E-state index in [2.05, 4.69) is 17.5 Å². The highest BCUT2D eigenvalue weighted by Gasteiger charge is 2.02. The van der Waals surface area contributed by atoms with E-state index in [0.29, 0.717) is 6.54 Å². The van der Waals surface area contributed by atoms with Gasteiger partial charge >= 0.3 is 0 Å². The highest BCUT2D eigenvalue weighted by Crippen LogP contribution is 2.27. The molecule has 2 rings (SSSR count). The fourth-order valence-corrected chi connectivity index (χ4v) is 2.47. The van der Waals surface area contributed by atoms with Crippen LogP contribution in [0.1, 0.15) is 5.56 Å². The average Bonchev–Trinajstić information content (AvgIpc) is 2.52. The summed E-state index contributed by atoms with van der Waals surface area (Å²) < 4.78 is 1.29. The Hall–Kier alpha value is -0.570. The van der Waals surface area contributed by atoms with E-state index in [1.165, 1.54) is 10.1 Å². The molecule has 1 nitrogen and oxygen atoms in total. The Morgan fingerprint density at radius 3 is 3.00 bits per heavy atom. The fourth-order valence-electron chi connectivity index (χ4n) is 1.37. The molecule has 0 atom stereocenters. The molecule has 0 aliphatic carbocycles. The van der Waals surface area contributed by atoms with E-state index < -0.39 is 0 Å². The number of halogens is 1. The molecule has 13 heavy (non-hydrogen) atoms. The Bertz CT molecular complexity index is 422. The summed E-state index contributed by atoms with van der Waals surface area (Å²) in [7, 11) is 0. The first kappa shape index (κ1) is 9.00. The Balaban J connectivity index is 2.56. The van der Waals surface area contributed by atoms with Crippen LogP contribution in [0.3, 0.4) is 0 Å². The zero-order chi connectivity index (χ0) is 9.26. The van der Waals surface area contributed by atoms with Crippen molar-refractivity contribution in [1.82, 2.24) is 0 Å². The first-order chi connectivity index (χ1) is 6.31. The molecule has 3 heteroatoms. The third kappa shape index (κ3) is 1.70. The van der Waals surface area contributed by atoms with Crippen molar-refractivity contribution in [1.29, 1.82) is 0 Å². The van der Waals surface area contributed by atoms with Gasteiger partial charge in [0.1, 0.15) is 0 Å². The molecule has 1 aromatic heterocycles. The lowest BCUT2D eigenvalue weighted by Gasteiger charge is -2.02. The Morgan fingerprint density at radius 1 is 1.38 bits per heavy atom. The normalized spacial score (nSPS) is 10.9. The molecular weight excluding hydrogens is 202 g/mol. The van der Waals surface area contributed by atoms with Gasteiger partial charge in [-0.25, -0.2) is 0 Å². The highest BCUT2D eigenvalue weighted by molar-refractivity contribution is 7.17. The Kier molecular flexibility index (Phi) is 2.54. The van der Waals surface area contributed by atoms with Crippen LogP contribution in [0.15, 0.2) is 23.6 Å². The van der Waals surface area contributed by atoms with Crippen LogP contribution in [0.4, 0.5) is 0 Å². The second-order valence-electron chi connectivity index (χ2n) is 2.94. The van der Waals surface area contributed by atoms with Crippen molar-refractivity contribution in [3.63, 3.8) is 0 Å². The van der Waals surface area contributed by atoms with Gasteiger partial charge in [-0.2, -0.15) is 0 Å². The van der Waals surface area contributed by atoms with Crippen molar-refractivity contribution in [2.75, 3.05) is 6.54 Å². The molecule has 0 bridgehead atoms. The van der Waals surface area contributed by atoms with Crippen molar-refractivity contribution >= 4 is 33.0 Å². The van der Waals surface area contributed by atoms with Crippen LogP contribution in [0, 0.1) is 0 Å². The van der Waals surface area contributed by atoms with Gasteiger partial charge < -0.3 is 5.73 Å². The van der Waals surface area contributed by atoms with Crippen molar-refractivity contribution in [2.45, 2.75) is 6.42 Å². The lowest BCUT2D eigenvalue weighted by Crippen LogP contribution is -2.02. The van der Waals surface area contributed by atoms with Crippen LogP contribution < -0.4 is 5.73 Å². The molecule has 68 valence electrons. The molecule has 0 spiro atoms. The van der Waals surface area contributed by atoms with E-state index in [0.717, 1.165) is 17.0 Å². The molecule has 0 fully saturated rings. The topological polar surface area (TPSA) is 26.0 Å². The van der Waals surface area contributed by atoms with Gasteiger partial charge in [-0.05, 0) is 47.5 Å². The van der Waals surface area contributed by atoms with Crippen LogP contribution in [0.25, 0.3) is 10.1 Å². The molecule has 0 unspecified atom stereocenters. The molecule has 2 aromatic rings. The third-order valence-corrected chi connectivity index (χ3v) is 3.27. The minimum Gasteiger partial charge on any atom is -0.330 e. The largest absolute Gasteiger partial charge is 0.330 e. The predicted molar refractivity (Wildman–Crippen MR) is 59.6 cm³/mol. The number of fused-ring (bicyclic) bond motifs is 1. The van der Waals surface area contributed by atoms with Gasteiger partial charge in [-0.15, -0.1) is 11.3 Å². The van der Waals surface area contributed by atoms with E-state index >= 15 is 0 Å². The second-order valence-corrected chi connectivity index (χ2v) is 4.30. The molecule has 1 aromatic carbocycles. The Morgan fingerprint density at radius 2 is 2.23 bits per heavy atom. The quantitative estimate of drug-likeness (QED) is 0.812. The van der Waals surface area contributed by atoms with Gasteiger partial charge in [0.05, 0.1) is 0 Å². The summed E-state index contributed by atoms with van der Waals surface area (Å²) in [5.41, 5.74) is 6.65. The summed E-state index contributed by atoms with van der Waals surface area (Å²) in [6, 6.07) is 6.23. The summed E-state index contributed by atoms with van der Waals surface area (Å²) in [5, 5.41) is 4.12. The number of benzene rings is 1. The van der Waals surface area contributed by atoms with Crippen molar-refractivity contribution in [3.05, 3.63) is 34.2 Å². The standard InChI is InChI=1S/C10H10ClNS/c11-9-5-8-2-4-13-10(8)6-7(9)1-3-12/h2,4-6H,1,3,12H2. The monoisotopic (exact) mass is 211 g/mol. The third-order valence-electron chi connectivity index (χ3n) is 2.04. The zero-order valence-electron chi connectivity index (χ0n) is 7.09. The second kappa shape index (κ2) is 3.66. The lowest BCUT2D eigenvalue weighted by molar-refractivity contribution is 0.971. The predicted octanol–water partition coefficient (Wildman–Crippen LogP) is 3.06. The molecular formula is C10H10ClNS. The van der Waals surface area contributed by atoms with Gasteiger partial charge in [0.15, 0.2) is 0 Å². The summed E-state index contributed by atoms with van der Waals surface area (Å²) in [4.78, 5) is 0. The molecule has 2 N–H and O–H groups in total. The first-order valence-corrected chi connectivity index (χ1v) is 5.42. The van der Waals surface area contributed by atoms with E-state index in [1.807, 2.05) is 6.07 Å². The van der Waals surface area contributed by atoms with Gasteiger partial charge in [0, 0.05) is 9.72 Å². The highest BCUT2D eigenvalue weighted by atomic mass is 35.5. The lowest BCUT2D eigenvalue weighted by atomic mass is 10.1. The smallest absolute Gasteiger partial charge is 0.0445 e. The van der Waals surface area contributed by atoms with Gasteiger partial charge in [0.2, 0.25) is 0 Å². The number of hydrogen-bond acceptors (Lipinski definition) is 2. The summed E-state index contributed by atoms with van der Waals surface area (Å²) in [6.45, 7) is 0.649. The van der Waals surface area contributed by atoms with Gasteiger partial charge in [-0.3, -0.25) is 0 Å². The summed E-state index contributed by atoms with van der Waals surface area (Å²) >= 11 is 7.82. The molecule has 0 saturated heterocycles. The van der Waals surface area contributed by atoms with E-state index in [9.17, 15) is 0 Å². The minimum atomic E-state index is 0.649. The summed E-state index contributed by atoms with van der Waals surface area (Å²) in [5.74, 6) is 0. The maximum Gasteiger partial charge on any atom is 0.0445 e.